The number of piperidine rings is 1. The number of hydrogen-bond donors (Lipinski definition) is 0. The van der Waals surface area contributed by atoms with E-state index in [1.807, 2.05) is 19.3 Å². The summed E-state index contributed by atoms with van der Waals surface area (Å²) < 4.78 is 5.99. The van der Waals surface area contributed by atoms with Gasteiger partial charge in [0.25, 0.3) is 0 Å². The molecule has 0 amide bonds. The van der Waals surface area contributed by atoms with Crippen LogP contribution in [0.5, 0.6) is 0 Å². The average molecular weight is 427 g/mol. The van der Waals surface area contributed by atoms with Crippen molar-refractivity contribution in [3.8, 4) is 11.3 Å². The lowest BCUT2D eigenvalue weighted by Crippen LogP contribution is -2.43. The highest BCUT2D eigenvalue weighted by Gasteiger charge is 2.44. The minimum Gasteiger partial charge on any atom is -0.360 e. The molecule has 0 N–H and O–H groups in total. The molecule has 1 aliphatic heterocycles. The molecule has 0 radical (unpaired) electrons. The lowest BCUT2D eigenvalue weighted by Gasteiger charge is -2.46. The van der Waals surface area contributed by atoms with E-state index >= 15 is 0 Å². The second-order valence-electron chi connectivity index (χ2n) is 10.1. The lowest BCUT2D eigenvalue weighted by molar-refractivity contribution is 0.276. The summed E-state index contributed by atoms with van der Waals surface area (Å²) in [6.45, 7) is 8.41. The summed E-state index contributed by atoms with van der Waals surface area (Å²) in [7, 11) is 0. The van der Waals surface area contributed by atoms with E-state index in [2.05, 4.69) is 58.1 Å². The highest BCUT2D eigenvalue weighted by molar-refractivity contribution is 5.86. The van der Waals surface area contributed by atoms with Crippen molar-refractivity contribution in [2.24, 2.45) is 5.41 Å². The third kappa shape index (κ3) is 3.26. The molecule has 1 saturated heterocycles. The van der Waals surface area contributed by atoms with Gasteiger partial charge in [-0.3, -0.25) is 0 Å². The first kappa shape index (κ1) is 19.7. The van der Waals surface area contributed by atoms with E-state index < -0.39 is 0 Å². The minimum atomic E-state index is 0.298. The van der Waals surface area contributed by atoms with E-state index in [1.54, 1.807) is 0 Å². The molecule has 0 bridgehead atoms. The Kier molecular flexibility index (Phi) is 4.49. The summed E-state index contributed by atoms with van der Waals surface area (Å²) in [4.78, 5) is 11.4. The summed E-state index contributed by atoms with van der Waals surface area (Å²) in [5, 5.41) is 4.62. The van der Waals surface area contributed by atoms with E-state index in [1.165, 1.54) is 40.7 Å². The number of allylic oxidation sites excluding steroid dienone is 2. The first-order chi connectivity index (χ1) is 15.5. The maximum absolute atomic E-state index is 5.99. The van der Waals surface area contributed by atoms with Crippen LogP contribution in [0.3, 0.4) is 0 Å². The molecule has 0 unspecified atom stereocenters. The second-order valence-corrected chi connectivity index (χ2v) is 10.1. The van der Waals surface area contributed by atoms with Crippen molar-refractivity contribution in [1.29, 1.82) is 0 Å². The molecule has 2 aliphatic carbocycles. The standard InChI is InChI=1S/C27H30N4O/c1-17-15-28-26(29-16-17)31-11-9-27(10-12-31)13-21(14-27)23-24(30-32-25(23)20-7-8-20)22-18(2)5-4-6-19(22)3/h4-6,13,15-16,20H,7-12,14H2,1-3H3. The Morgan fingerprint density at radius 1 is 0.969 bits per heavy atom. The third-order valence-electron chi connectivity index (χ3n) is 7.54. The van der Waals surface area contributed by atoms with Crippen LogP contribution in [-0.4, -0.2) is 28.2 Å². The van der Waals surface area contributed by atoms with Crippen LogP contribution < -0.4 is 4.90 Å². The van der Waals surface area contributed by atoms with Crippen LogP contribution in [0.2, 0.25) is 0 Å². The van der Waals surface area contributed by atoms with E-state index in [0.717, 1.165) is 55.3 Å². The maximum atomic E-state index is 5.99. The minimum absolute atomic E-state index is 0.298. The largest absolute Gasteiger partial charge is 0.360 e. The van der Waals surface area contributed by atoms with Crippen LogP contribution in [0.15, 0.2) is 41.2 Å². The molecule has 3 heterocycles. The summed E-state index contributed by atoms with van der Waals surface area (Å²) in [5.74, 6) is 2.53. The Morgan fingerprint density at radius 3 is 2.25 bits per heavy atom. The number of benzene rings is 1. The molecule has 2 aromatic heterocycles. The molecule has 5 heteroatoms. The number of hydrogen-bond acceptors (Lipinski definition) is 5. The van der Waals surface area contributed by atoms with Gasteiger partial charge < -0.3 is 9.42 Å². The Labute approximate surface area is 189 Å². The van der Waals surface area contributed by atoms with Crippen LogP contribution in [-0.2, 0) is 0 Å². The summed E-state index contributed by atoms with van der Waals surface area (Å²) >= 11 is 0. The molecule has 1 spiro atoms. The molecule has 164 valence electrons. The van der Waals surface area contributed by atoms with Crippen molar-refractivity contribution >= 4 is 11.5 Å². The van der Waals surface area contributed by atoms with Gasteiger partial charge in [0, 0.05) is 42.5 Å². The fourth-order valence-corrected chi connectivity index (χ4v) is 5.50. The Bertz CT molecular complexity index is 1170. The highest BCUT2D eigenvalue weighted by atomic mass is 16.5. The zero-order chi connectivity index (χ0) is 21.9. The molecule has 32 heavy (non-hydrogen) atoms. The predicted octanol–water partition coefficient (Wildman–Crippen LogP) is 6.01. The first-order valence-electron chi connectivity index (χ1n) is 11.8. The van der Waals surface area contributed by atoms with E-state index in [-0.39, 0.29) is 0 Å². The second kappa shape index (κ2) is 7.29. The normalized spacial score (nSPS) is 19.7. The SMILES string of the molecule is Cc1cnc(N2CCC3(C=C(c4c(-c5c(C)cccc5C)noc4C4CC4)C3)CC2)nc1. The molecule has 0 atom stereocenters. The van der Waals surface area contributed by atoms with Crippen LogP contribution >= 0.6 is 0 Å². The fourth-order valence-electron chi connectivity index (χ4n) is 5.50. The molecule has 1 aromatic carbocycles. The predicted molar refractivity (Wildman–Crippen MR) is 127 cm³/mol. The van der Waals surface area contributed by atoms with Crippen molar-refractivity contribution in [3.05, 3.63) is 64.7 Å². The Morgan fingerprint density at radius 2 is 1.62 bits per heavy atom. The molecule has 5 nitrogen and oxygen atoms in total. The van der Waals surface area contributed by atoms with Gasteiger partial charge in [0.1, 0.15) is 11.5 Å². The van der Waals surface area contributed by atoms with Crippen molar-refractivity contribution in [2.75, 3.05) is 18.0 Å². The van der Waals surface area contributed by atoms with Crippen LogP contribution in [0, 0.1) is 26.2 Å². The number of nitrogens with zero attached hydrogens (tertiary/aromatic N) is 4. The van der Waals surface area contributed by atoms with Gasteiger partial charge >= 0.3 is 0 Å². The molecular formula is C27H30N4O. The molecule has 3 aliphatic rings. The number of aryl methyl sites for hydroxylation is 3. The van der Waals surface area contributed by atoms with Crippen LogP contribution in [0.4, 0.5) is 5.95 Å². The summed E-state index contributed by atoms with van der Waals surface area (Å²) in [5.41, 5.74) is 8.96. The average Bonchev–Trinajstić information content (AvgIpc) is 3.53. The highest BCUT2D eigenvalue weighted by Crippen LogP contribution is 2.55. The molecule has 1 saturated carbocycles. The third-order valence-corrected chi connectivity index (χ3v) is 7.54. The number of anilines is 1. The van der Waals surface area contributed by atoms with E-state index in [4.69, 9.17) is 4.52 Å². The van der Waals surface area contributed by atoms with E-state index in [9.17, 15) is 0 Å². The topological polar surface area (TPSA) is 55.1 Å². The van der Waals surface area contributed by atoms with Crippen molar-refractivity contribution in [1.82, 2.24) is 15.1 Å². The summed E-state index contributed by atoms with van der Waals surface area (Å²) in [6, 6.07) is 6.48. The van der Waals surface area contributed by atoms with Gasteiger partial charge in [-0.2, -0.15) is 0 Å². The van der Waals surface area contributed by atoms with Crippen molar-refractivity contribution in [3.63, 3.8) is 0 Å². The smallest absolute Gasteiger partial charge is 0.225 e. The van der Waals surface area contributed by atoms with Gasteiger partial charge in [-0.25, -0.2) is 9.97 Å². The Balaban J connectivity index is 1.28. The van der Waals surface area contributed by atoms with Crippen molar-refractivity contribution in [2.45, 2.75) is 58.8 Å². The quantitative estimate of drug-likeness (QED) is 0.511. The molecular weight excluding hydrogens is 396 g/mol. The maximum Gasteiger partial charge on any atom is 0.225 e. The van der Waals surface area contributed by atoms with Crippen LogP contribution in [0.25, 0.3) is 16.8 Å². The van der Waals surface area contributed by atoms with Gasteiger partial charge in [-0.05, 0) is 80.6 Å². The van der Waals surface area contributed by atoms with Gasteiger partial charge in [0.2, 0.25) is 5.95 Å². The Hall–Kier alpha value is -2.95. The molecule has 6 rings (SSSR count). The van der Waals surface area contributed by atoms with Gasteiger partial charge in [0.15, 0.2) is 0 Å². The zero-order valence-electron chi connectivity index (χ0n) is 19.2. The summed E-state index contributed by atoms with van der Waals surface area (Å²) in [6.07, 6.45) is 12.2. The van der Waals surface area contributed by atoms with E-state index in [0.29, 0.717) is 11.3 Å². The monoisotopic (exact) mass is 426 g/mol. The lowest BCUT2D eigenvalue weighted by atomic mass is 9.63. The van der Waals surface area contributed by atoms with Gasteiger partial charge in [0.05, 0.1) is 0 Å². The van der Waals surface area contributed by atoms with Gasteiger partial charge in [-0.1, -0.05) is 29.4 Å². The molecule has 3 aromatic rings. The van der Waals surface area contributed by atoms with Crippen molar-refractivity contribution < 1.29 is 4.52 Å². The first-order valence-corrected chi connectivity index (χ1v) is 11.8. The molecule has 2 fully saturated rings. The number of rotatable bonds is 4. The number of aromatic nitrogens is 3. The zero-order valence-corrected chi connectivity index (χ0v) is 19.2. The fraction of sp³-hybridized carbons (Fsp3) is 0.444. The van der Waals surface area contributed by atoms with Crippen LogP contribution in [0.1, 0.15) is 66.0 Å². The van der Waals surface area contributed by atoms with Gasteiger partial charge in [-0.15, -0.1) is 0 Å².